The van der Waals surface area contributed by atoms with Gasteiger partial charge in [-0.3, -0.25) is 19.2 Å². The SMILES string of the molecule is [B]C[C@@H](C)NC(=O)[C@H](CCCNC(N)=O)NC(=O)C(NC(=O)c1ccc(NC(=O)CCl)cc1)C(C)C. The maximum atomic E-state index is 13.1. The summed E-state index contributed by atoms with van der Waals surface area (Å²) < 4.78 is 0. The fourth-order valence-electron chi connectivity index (χ4n) is 3.11. The molecule has 0 saturated heterocycles. The van der Waals surface area contributed by atoms with Crippen LogP contribution in [0.3, 0.4) is 0 Å². The van der Waals surface area contributed by atoms with E-state index < -0.39 is 35.8 Å². The number of nitrogens with two attached hydrogens (primary N) is 1. The molecule has 36 heavy (non-hydrogen) atoms. The molecule has 1 aromatic rings. The quantitative estimate of drug-likeness (QED) is 0.120. The molecule has 11 nitrogen and oxygen atoms in total. The number of hydrogen-bond acceptors (Lipinski definition) is 5. The van der Waals surface area contributed by atoms with E-state index in [-0.39, 0.29) is 48.6 Å². The van der Waals surface area contributed by atoms with Crippen molar-refractivity contribution >= 4 is 54.8 Å². The topological polar surface area (TPSA) is 172 Å². The lowest BCUT2D eigenvalue weighted by atomic mass is 9.98. The van der Waals surface area contributed by atoms with E-state index in [1.54, 1.807) is 32.9 Å². The minimum Gasteiger partial charge on any atom is -0.353 e. The Labute approximate surface area is 217 Å². The maximum absolute atomic E-state index is 13.1. The molecular weight excluding hydrogens is 487 g/mol. The van der Waals surface area contributed by atoms with Crippen molar-refractivity contribution < 1.29 is 24.0 Å². The number of nitrogens with one attached hydrogen (secondary N) is 5. The minimum atomic E-state index is -0.931. The molecule has 196 valence electrons. The highest BCUT2D eigenvalue weighted by molar-refractivity contribution is 6.29. The number of amides is 6. The number of anilines is 1. The van der Waals surface area contributed by atoms with Crippen LogP contribution in [0.25, 0.3) is 0 Å². The van der Waals surface area contributed by atoms with Gasteiger partial charge in [-0.25, -0.2) is 4.79 Å². The number of hydrogen-bond donors (Lipinski definition) is 6. The van der Waals surface area contributed by atoms with Crippen LogP contribution in [-0.4, -0.2) is 68.1 Å². The Kier molecular flexibility index (Phi) is 13.4. The van der Waals surface area contributed by atoms with E-state index in [0.29, 0.717) is 12.1 Å². The van der Waals surface area contributed by atoms with Gasteiger partial charge in [-0.15, -0.1) is 11.6 Å². The molecule has 0 aliphatic carbocycles. The second-order valence-corrected chi connectivity index (χ2v) is 8.86. The number of urea groups is 1. The predicted molar refractivity (Wildman–Crippen MR) is 139 cm³/mol. The molecular formula is C23H34BClN6O5. The first-order valence-corrected chi connectivity index (χ1v) is 12.1. The molecule has 7 N–H and O–H groups in total. The van der Waals surface area contributed by atoms with Gasteiger partial charge in [0.1, 0.15) is 18.0 Å². The third kappa shape index (κ3) is 11.0. The number of rotatable bonds is 14. The average molecular weight is 521 g/mol. The third-order valence-corrected chi connectivity index (χ3v) is 5.37. The van der Waals surface area contributed by atoms with Crippen molar-refractivity contribution in [3.05, 3.63) is 29.8 Å². The Morgan fingerprint density at radius 1 is 0.972 bits per heavy atom. The number of primary amides is 1. The van der Waals surface area contributed by atoms with Crippen molar-refractivity contribution in [2.45, 2.75) is 58.1 Å². The van der Waals surface area contributed by atoms with Crippen LogP contribution < -0.4 is 32.3 Å². The molecule has 0 bridgehead atoms. The van der Waals surface area contributed by atoms with Gasteiger partial charge in [-0.05, 0) is 49.9 Å². The largest absolute Gasteiger partial charge is 0.353 e. The van der Waals surface area contributed by atoms with E-state index in [2.05, 4.69) is 26.6 Å². The van der Waals surface area contributed by atoms with E-state index in [1.807, 2.05) is 0 Å². The monoisotopic (exact) mass is 520 g/mol. The number of halogens is 1. The molecule has 0 aliphatic heterocycles. The lowest BCUT2D eigenvalue weighted by Crippen LogP contribution is -2.56. The van der Waals surface area contributed by atoms with Crippen LogP contribution >= 0.6 is 11.6 Å². The van der Waals surface area contributed by atoms with E-state index in [0.717, 1.165) is 0 Å². The molecule has 6 amide bonds. The van der Waals surface area contributed by atoms with Crippen LogP contribution in [-0.2, 0) is 14.4 Å². The van der Waals surface area contributed by atoms with Crippen LogP contribution in [0.1, 0.15) is 44.0 Å². The lowest BCUT2D eigenvalue weighted by molar-refractivity contribution is -0.131. The van der Waals surface area contributed by atoms with Gasteiger partial charge in [0.15, 0.2) is 0 Å². The summed E-state index contributed by atoms with van der Waals surface area (Å²) >= 11 is 5.47. The summed E-state index contributed by atoms with van der Waals surface area (Å²) in [6, 6.07) is 3.26. The molecule has 0 heterocycles. The molecule has 0 fully saturated rings. The molecule has 0 spiro atoms. The summed E-state index contributed by atoms with van der Waals surface area (Å²) in [5, 5.41) is 13.1. The van der Waals surface area contributed by atoms with Crippen LogP contribution in [0.2, 0.25) is 6.32 Å². The zero-order valence-corrected chi connectivity index (χ0v) is 21.5. The van der Waals surface area contributed by atoms with E-state index >= 15 is 0 Å². The molecule has 1 unspecified atom stereocenters. The fraction of sp³-hybridized carbons (Fsp3) is 0.522. The van der Waals surface area contributed by atoms with Crippen LogP contribution in [0.5, 0.6) is 0 Å². The molecule has 0 aliphatic rings. The summed E-state index contributed by atoms with van der Waals surface area (Å²) in [6.07, 6.45) is 0.821. The van der Waals surface area contributed by atoms with E-state index in [9.17, 15) is 24.0 Å². The van der Waals surface area contributed by atoms with Gasteiger partial charge < -0.3 is 32.3 Å². The van der Waals surface area contributed by atoms with Gasteiger partial charge in [0.2, 0.25) is 17.7 Å². The van der Waals surface area contributed by atoms with Crippen LogP contribution in [0.15, 0.2) is 24.3 Å². The van der Waals surface area contributed by atoms with Crippen molar-refractivity contribution in [2.75, 3.05) is 17.7 Å². The van der Waals surface area contributed by atoms with Crippen molar-refractivity contribution in [1.29, 1.82) is 0 Å². The van der Waals surface area contributed by atoms with Crippen LogP contribution in [0.4, 0.5) is 10.5 Å². The highest BCUT2D eigenvalue weighted by Crippen LogP contribution is 2.12. The summed E-state index contributed by atoms with van der Waals surface area (Å²) in [4.78, 5) is 60.9. The normalized spacial score (nSPS) is 13.1. The third-order valence-electron chi connectivity index (χ3n) is 5.13. The molecule has 13 heteroatoms. The summed E-state index contributed by atoms with van der Waals surface area (Å²) in [5.41, 5.74) is 5.81. The average Bonchev–Trinajstić information content (AvgIpc) is 2.83. The minimum absolute atomic E-state index is 0.195. The Hall–Kier alpha value is -3.28. The van der Waals surface area contributed by atoms with Crippen molar-refractivity contribution in [3.63, 3.8) is 0 Å². The molecule has 1 rings (SSSR count). The predicted octanol–water partition coefficient (Wildman–Crippen LogP) is 0.643. The van der Waals surface area contributed by atoms with Gasteiger partial charge in [-0.1, -0.05) is 20.2 Å². The standard InChI is InChI=1S/C23H34BClN6O5/c1-13(2)19(31-20(33)15-6-8-16(9-7-15)29-18(32)12-25)22(35)30-17(5-4-10-27-23(26)36)21(34)28-14(3)11-24/h6-9,13-14,17,19H,4-5,10-12H2,1-3H3,(H,28,34)(H,29,32)(H,30,35)(H,31,33)(H3,26,27,36)/t14-,17+,19?/m1/s1. The smallest absolute Gasteiger partial charge is 0.312 e. The van der Waals surface area contributed by atoms with Crippen molar-refractivity contribution in [3.8, 4) is 0 Å². The molecule has 1 aromatic carbocycles. The summed E-state index contributed by atoms with van der Waals surface area (Å²) in [7, 11) is 5.58. The van der Waals surface area contributed by atoms with Gasteiger partial charge in [0, 0.05) is 23.8 Å². The van der Waals surface area contributed by atoms with E-state index in [1.165, 1.54) is 12.1 Å². The second kappa shape index (κ2) is 15.7. The Balaban J connectivity index is 2.90. The summed E-state index contributed by atoms with van der Waals surface area (Å²) in [6.45, 7) is 5.48. The maximum Gasteiger partial charge on any atom is 0.312 e. The highest BCUT2D eigenvalue weighted by Gasteiger charge is 2.29. The number of benzene rings is 1. The number of carbonyl (C=O) groups excluding carboxylic acids is 5. The fourth-order valence-corrected chi connectivity index (χ4v) is 3.18. The highest BCUT2D eigenvalue weighted by atomic mass is 35.5. The molecule has 2 radical (unpaired) electrons. The Morgan fingerprint density at radius 2 is 1.61 bits per heavy atom. The zero-order valence-electron chi connectivity index (χ0n) is 20.7. The first-order valence-electron chi connectivity index (χ1n) is 11.6. The molecule has 0 saturated carbocycles. The number of alkyl halides is 1. The Morgan fingerprint density at radius 3 is 2.14 bits per heavy atom. The van der Waals surface area contributed by atoms with Crippen LogP contribution in [0, 0.1) is 5.92 Å². The second-order valence-electron chi connectivity index (χ2n) is 8.59. The number of carbonyl (C=O) groups is 5. The van der Waals surface area contributed by atoms with Crippen molar-refractivity contribution in [2.24, 2.45) is 11.7 Å². The molecule has 3 atom stereocenters. The first-order chi connectivity index (χ1) is 17.0. The first kappa shape index (κ1) is 30.8. The van der Waals surface area contributed by atoms with Gasteiger partial charge in [0.05, 0.1) is 7.85 Å². The summed E-state index contributed by atoms with van der Waals surface area (Å²) in [5.74, 6) is -2.33. The Bertz CT molecular complexity index is 915. The van der Waals surface area contributed by atoms with E-state index in [4.69, 9.17) is 25.2 Å². The van der Waals surface area contributed by atoms with Gasteiger partial charge in [-0.2, -0.15) is 0 Å². The van der Waals surface area contributed by atoms with Gasteiger partial charge in [0.25, 0.3) is 5.91 Å². The zero-order chi connectivity index (χ0) is 27.3. The molecule has 0 aromatic heterocycles. The van der Waals surface area contributed by atoms with Crippen molar-refractivity contribution in [1.82, 2.24) is 21.3 Å². The van der Waals surface area contributed by atoms with Gasteiger partial charge >= 0.3 is 6.03 Å². The lowest BCUT2D eigenvalue weighted by Gasteiger charge is -2.26.